The van der Waals surface area contributed by atoms with Gasteiger partial charge in [-0.15, -0.1) is 0 Å². The van der Waals surface area contributed by atoms with Gasteiger partial charge in [-0.05, 0) is 168 Å². The number of aromatic nitrogens is 8. The van der Waals surface area contributed by atoms with Gasteiger partial charge < -0.3 is 18.0 Å². The van der Waals surface area contributed by atoms with Crippen LogP contribution in [0.2, 0.25) is 0 Å². The summed E-state index contributed by atoms with van der Waals surface area (Å²) in [5, 5.41) is 8.50. The molecule has 0 spiro atoms. The first-order chi connectivity index (χ1) is 58.3. The number of alkyl halides is 3. The maximum atomic E-state index is 14.6. The monoisotopic (exact) mass is 1540 g/mol. The van der Waals surface area contributed by atoms with Gasteiger partial charge in [-0.2, -0.15) is 13.2 Å². The van der Waals surface area contributed by atoms with Gasteiger partial charge in [-0.1, -0.05) is 278 Å². The quantitative estimate of drug-likeness (QED) is 0.119. The molecular weight excluding hydrogens is 1470 g/mol. The lowest BCUT2D eigenvalue weighted by Crippen LogP contribution is -2.07. The van der Waals surface area contributed by atoms with Crippen LogP contribution in [0.1, 0.15) is 22.3 Å². The highest BCUT2D eigenvalue weighted by Crippen LogP contribution is 2.46. The molecule has 6 aromatic heterocycles. The zero-order chi connectivity index (χ0) is 80.0. The van der Waals surface area contributed by atoms with Crippen molar-refractivity contribution in [1.29, 1.82) is 0 Å². The van der Waals surface area contributed by atoms with Crippen molar-refractivity contribution in [2.24, 2.45) is 0 Å². The van der Waals surface area contributed by atoms with E-state index in [1.807, 2.05) is 194 Å². The van der Waals surface area contributed by atoms with E-state index >= 15 is 0 Å². The van der Waals surface area contributed by atoms with Gasteiger partial charge in [-0.3, -0.25) is 0 Å². The molecule has 16 aromatic carbocycles. The molecule has 22 rings (SSSR count). The second kappa shape index (κ2) is 29.1. The number of aryl methyl sites for hydroxylation is 3. The Labute approximate surface area is 681 Å². The zero-order valence-electron chi connectivity index (χ0n) is 64.7. The third-order valence-electron chi connectivity index (χ3n) is 22.6. The van der Waals surface area contributed by atoms with Crippen molar-refractivity contribution in [2.45, 2.75) is 26.9 Å². The molecule has 0 radical (unpaired) electrons. The van der Waals surface area contributed by atoms with E-state index in [1.54, 1.807) is 25.1 Å². The summed E-state index contributed by atoms with van der Waals surface area (Å²) in [6, 6.07) is 122. The summed E-state index contributed by atoms with van der Waals surface area (Å²) in [6.45, 7) is 6.01. The van der Waals surface area contributed by atoms with Crippen LogP contribution in [0.25, 0.3) is 212 Å². The van der Waals surface area contributed by atoms with Crippen LogP contribution in [-0.2, 0) is 6.18 Å². The molecule has 0 aliphatic heterocycles. The van der Waals surface area contributed by atoms with Crippen LogP contribution >= 0.6 is 0 Å². The summed E-state index contributed by atoms with van der Waals surface area (Å²) in [5.74, 6) is 3.28. The van der Waals surface area contributed by atoms with Crippen molar-refractivity contribution in [1.82, 2.24) is 39.0 Å². The minimum atomic E-state index is -4.54. The van der Waals surface area contributed by atoms with Crippen LogP contribution in [0.3, 0.4) is 0 Å². The molecule has 10 nitrogen and oxygen atoms in total. The third kappa shape index (κ3) is 13.0. The van der Waals surface area contributed by atoms with Crippen molar-refractivity contribution >= 4 is 87.5 Å². The van der Waals surface area contributed by atoms with E-state index in [-0.39, 0.29) is 5.56 Å². The number of furan rings is 2. The average Bonchev–Trinajstić information content (AvgIpc) is 1.59. The molecule has 0 amide bonds. The largest absolute Gasteiger partial charge is 0.456 e. The number of hydrogen-bond acceptors (Lipinski definition) is 8. The van der Waals surface area contributed by atoms with E-state index < -0.39 is 11.7 Å². The highest BCUT2D eigenvalue weighted by molar-refractivity contribution is 6.13. The Bertz CT molecular complexity index is 7650. The number of rotatable bonds is 12. The van der Waals surface area contributed by atoms with E-state index in [9.17, 15) is 13.2 Å². The molecule has 0 saturated carbocycles. The zero-order valence-corrected chi connectivity index (χ0v) is 64.7. The molecule has 0 atom stereocenters. The molecule has 13 heteroatoms. The Balaban J connectivity index is 0.000000148. The van der Waals surface area contributed by atoms with Crippen molar-refractivity contribution < 1.29 is 22.0 Å². The first-order valence-corrected chi connectivity index (χ1v) is 39.5. The van der Waals surface area contributed by atoms with Gasteiger partial charge in [0.1, 0.15) is 22.3 Å². The Hall–Kier alpha value is -15.5. The Kier molecular flexibility index (Phi) is 17.4. The van der Waals surface area contributed by atoms with Gasteiger partial charge in [0, 0.05) is 76.5 Å². The van der Waals surface area contributed by atoms with Gasteiger partial charge >= 0.3 is 6.18 Å². The normalized spacial score (nSPS) is 11.8. The standard InChI is InChI=1S/C53H33F3N4O.C53H36N4O/c1-32-20-24-38(44(28-32)53(54,55)56)37-22-25-40-39-16-8-10-18-45(39)60(47(40)30-37)46-27-23-35(36-21-26-42-41-17-9-11-19-48(41)61-49(42)31-36)29-43(46)52-58-50(33-12-4-2-5-13-33)57-51(59-52)34-14-6-3-7-15-34;1-33-21-25-40(34(2)29-33)39-24-28-47-44(31-39)41-17-9-11-19-46(41)57(47)48-27-23-37(38-22-26-43-42-18-10-12-20-49(42)58-50(43)32-38)30-45(48)53-55-51(35-13-5-3-6-14-35)54-52(56-53)36-15-7-4-8-16-36/h2-31H,1H3;3-32H,1-2H3. The molecule has 0 unspecified atom stereocenters. The molecule has 0 fully saturated rings. The fourth-order valence-electron chi connectivity index (χ4n) is 16.9. The summed E-state index contributed by atoms with van der Waals surface area (Å²) in [7, 11) is 0. The number of halogens is 3. The van der Waals surface area contributed by atoms with Crippen LogP contribution in [0.4, 0.5) is 13.2 Å². The lowest BCUT2D eigenvalue weighted by Gasteiger charge is -2.17. The summed E-state index contributed by atoms with van der Waals surface area (Å²) < 4.78 is 60.9. The molecule has 0 aliphatic carbocycles. The number of fused-ring (bicyclic) bond motifs is 12. The van der Waals surface area contributed by atoms with Gasteiger partial charge in [-0.25, -0.2) is 29.9 Å². The predicted molar refractivity (Wildman–Crippen MR) is 476 cm³/mol. The van der Waals surface area contributed by atoms with E-state index in [0.717, 1.165) is 138 Å². The fraction of sp³-hybridized carbons (Fsp3) is 0.0377. The molecule has 22 aromatic rings. The maximum Gasteiger partial charge on any atom is 0.417 e. The van der Waals surface area contributed by atoms with E-state index in [2.05, 4.69) is 169 Å². The van der Waals surface area contributed by atoms with Crippen LogP contribution in [-0.4, -0.2) is 39.0 Å². The first-order valence-electron chi connectivity index (χ1n) is 39.5. The fourth-order valence-corrected chi connectivity index (χ4v) is 16.9. The molecule has 0 aliphatic rings. The number of benzene rings is 16. The number of hydrogen-bond donors (Lipinski definition) is 0. The number of para-hydroxylation sites is 4. The van der Waals surface area contributed by atoms with Gasteiger partial charge in [0.15, 0.2) is 34.9 Å². The minimum Gasteiger partial charge on any atom is -0.456 e. The second-order valence-electron chi connectivity index (χ2n) is 30.2. The SMILES string of the molecule is Cc1ccc(-c2ccc3c(c2)c2ccccc2n3-c2ccc(-c3ccc4c(c3)oc3ccccc34)cc2-c2nc(-c3ccccc3)nc(-c3ccccc3)n2)c(C)c1.Cc1ccc(-c2ccc3c4ccccc4n(-c4ccc(-c5ccc6c(c5)oc5ccccc56)cc4-c4nc(-c5ccccc5)nc(-c5ccccc5)n4)c3c2)c(C(F)(F)F)c1. The Morgan fingerprint density at radius 1 is 0.227 bits per heavy atom. The molecule has 0 N–H and O–H groups in total. The predicted octanol–water partition coefficient (Wildman–Crippen LogP) is 28.4. The molecule has 0 bridgehead atoms. The van der Waals surface area contributed by atoms with E-state index in [0.29, 0.717) is 51.6 Å². The summed E-state index contributed by atoms with van der Waals surface area (Å²) in [5.41, 5.74) is 23.3. The van der Waals surface area contributed by atoms with Crippen LogP contribution < -0.4 is 0 Å². The highest BCUT2D eigenvalue weighted by Gasteiger charge is 2.34. The summed E-state index contributed by atoms with van der Waals surface area (Å²) in [6.07, 6.45) is -4.54. The average molecular weight is 1540 g/mol. The lowest BCUT2D eigenvalue weighted by atomic mass is 9.96. The van der Waals surface area contributed by atoms with Crippen LogP contribution in [0.5, 0.6) is 0 Å². The Morgan fingerprint density at radius 3 is 1.05 bits per heavy atom. The van der Waals surface area contributed by atoms with Crippen molar-refractivity contribution in [3.63, 3.8) is 0 Å². The molecular formula is C106H69F3N8O2. The first kappa shape index (κ1) is 71.3. The summed E-state index contributed by atoms with van der Waals surface area (Å²) in [4.78, 5) is 30.9. The molecule has 119 heavy (non-hydrogen) atoms. The minimum absolute atomic E-state index is 0.117. The van der Waals surface area contributed by atoms with E-state index in [1.165, 1.54) is 39.1 Å². The molecule has 6 heterocycles. The smallest absolute Gasteiger partial charge is 0.417 e. The second-order valence-corrected chi connectivity index (χ2v) is 30.2. The topological polar surface area (TPSA) is 113 Å². The van der Waals surface area contributed by atoms with Gasteiger partial charge in [0.2, 0.25) is 0 Å². The Morgan fingerprint density at radius 2 is 0.571 bits per heavy atom. The van der Waals surface area contributed by atoms with Gasteiger partial charge in [0.25, 0.3) is 0 Å². The highest BCUT2D eigenvalue weighted by atomic mass is 19.4. The van der Waals surface area contributed by atoms with Crippen molar-refractivity contribution in [3.05, 3.63) is 386 Å². The number of nitrogens with zero attached hydrogens (tertiary/aromatic N) is 8. The van der Waals surface area contributed by atoms with Crippen LogP contribution in [0, 0.1) is 20.8 Å². The third-order valence-corrected chi connectivity index (χ3v) is 22.6. The van der Waals surface area contributed by atoms with Crippen molar-refractivity contribution in [3.8, 4) is 124 Å². The molecule has 566 valence electrons. The van der Waals surface area contributed by atoms with Crippen LogP contribution in [0.15, 0.2) is 373 Å². The van der Waals surface area contributed by atoms with E-state index in [4.69, 9.17) is 38.7 Å². The summed E-state index contributed by atoms with van der Waals surface area (Å²) >= 11 is 0. The maximum absolute atomic E-state index is 14.6. The van der Waals surface area contributed by atoms with Crippen molar-refractivity contribution in [2.75, 3.05) is 0 Å². The van der Waals surface area contributed by atoms with Gasteiger partial charge in [0.05, 0.1) is 39.0 Å². The molecule has 0 saturated heterocycles. The lowest BCUT2D eigenvalue weighted by molar-refractivity contribution is -0.137.